The molecule has 1 aromatic heterocycles. The van der Waals surface area contributed by atoms with Gasteiger partial charge in [-0.15, -0.1) is 0 Å². The van der Waals surface area contributed by atoms with E-state index >= 15 is 0 Å². The lowest BCUT2D eigenvalue weighted by molar-refractivity contribution is 0.0255. The molecule has 0 atom stereocenters. The number of aryl methyl sites for hydroxylation is 1. The largest absolute Gasteiger partial charge is 0.360 e. The third-order valence-electron chi connectivity index (χ3n) is 3.47. The zero-order valence-electron chi connectivity index (χ0n) is 12.5. The first-order valence-corrected chi connectivity index (χ1v) is 7.24. The summed E-state index contributed by atoms with van der Waals surface area (Å²) in [7, 11) is 0. The summed E-state index contributed by atoms with van der Waals surface area (Å²) >= 11 is 5.93. The van der Waals surface area contributed by atoms with E-state index in [1.807, 2.05) is 0 Å². The average molecular weight is 350 g/mol. The molecule has 0 aliphatic carbocycles. The molecule has 7 nitrogen and oxygen atoms in total. The number of anilines is 2. The summed E-state index contributed by atoms with van der Waals surface area (Å²) in [6.45, 7) is 1.80. The van der Waals surface area contributed by atoms with Crippen molar-refractivity contribution in [3.05, 3.63) is 52.6 Å². The summed E-state index contributed by atoms with van der Waals surface area (Å²) in [5, 5.41) is 3.45. The van der Waals surface area contributed by atoms with Gasteiger partial charge < -0.3 is 15.1 Å². The van der Waals surface area contributed by atoms with E-state index in [0.717, 1.165) is 5.56 Å². The predicted molar refractivity (Wildman–Crippen MR) is 88.3 cm³/mol. The Hall–Kier alpha value is -2.68. The maximum Gasteiger partial charge on any atom is 0.360 e. The van der Waals surface area contributed by atoms with E-state index in [9.17, 15) is 9.18 Å². The van der Waals surface area contributed by atoms with E-state index in [0.29, 0.717) is 16.2 Å². The van der Waals surface area contributed by atoms with Gasteiger partial charge in [-0.05, 0) is 36.8 Å². The molecule has 0 aliphatic heterocycles. The molecule has 0 radical (unpaired) electrons. The van der Waals surface area contributed by atoms with Crippen LogP contribution in [-0.2, 0) is 4.84 Å². The number of nitrogens with zero attached hydrogens (tertiary/aromatic N) is 1. The lowest BCUT2D eigenvalue weighted by Crippen LogP contribution is -2.26. The van der Waals surface area contributed by atoms with E-state index in [2.05, 4.69) is 20.1 Å². The highest BCUT2D eigenvalue weighted by molar-refractivity contribution is 6.30. The van der Waals surface area contributed by atoms with Crippen LogP contribution in [0.5, 0.6) is 0 Å². The fourth-order valence-electron chi connectivity index (χ4n) is 2.34. The van der Waals surface area contributed by atoms with Crippen LogP contribution < -0.4 is 16.7 Å². The normalized spacial score (nSPS) is 10.8. The molecule has 0 fully saturated rings. The molecular formula is C15H13ClFN5O2. The second-order valence-corrected chi connectivity index (χ2v) is 5.44. The number of nitrogens with two attached hydrogens (primary N) is 1. The van der Waals surface area contributed by atoms with Gasteiger partial charge in [-0.1, -0.05) is 17.2 Å². The van der Waals surface area contributed by atoms with E-state index in [1.54, 1.807) is 30.7 Å². The van der Waals surface area contributed by atoms with Crippen LogP contribution in [-0.4, -0.2) is 15.9 Å². The Balaban J connectivity index is 2.15. The first-order valence-electron chi connectivity index (χ1n) is 6.86. The highest BCUT2D eigenvalue weighted by Crippen LogP contribution is 2.32. The van der Waals surface area contributed by atoms with Gasteiger partial charge in [0, 0.05) is 10.7 Å². The Morgan fingerprint density at radius 3 is 2.92 bits per heavy atom. The highest BCUT2D eigenvalue weighted by Gasteiger charge is 2.22. The summed E-state index contributed by atoms with van der Waals surface area (Å²) < 4.78 is 14.8. The molecule has 0 unspecified atom stereocenters. The summed E-state index contributed by atoms with van der Waals surface area (Å²) in [4.78, 5) is 23.3. The number of imidazole rings is 1. The summed E-state index contributed by atoms with van der Waals surface area (Å²) in [5.74, 6) is 3.47. The number of halogens is 2. The SMILES string of the molecule is Cc1cc(Cl)ccc1Nc1c(C(=O)ONN)cc2[nH]cnc2c1F. The third kappa shape index (κ3) is 2.90. The Kier molecular flexibility index (Phi) is 4.34. The zero-order chi connectivity index (χ0) is 17.3. The van der Waals surface area contributed by atoms with Gasteiger partial charge in [-0.3, -0.25) is 0 Å². The van der Waals surface area contributed by atoms with Crippen LogP contribution in [0.1, 0.15) is 15.9 Å². The zero-order valence-corrected chi connectivity index (χ0v) is 13.2. The maximum atomic E-state index is 14.8. The van der Waals surface area contributed by atoms with Crippen molar-refractivity contribution in [2.24, 2.45) is 5.84 Å². The molecule has 124 valence electrons. The van der Waals surface area contributed by atoms with Crippen molar-refractivity contribution in [2.75, 3.05) is 5.32 Å². The van der Waals surface area contributed by atoms with E-state index in [1.165, 1.54) is 12.4 Å². The fourth-order valence-corrected chi connectivity index (χ4v) is 2.56. The van der Waals surface area contributed by atoms with Crippen molar-refractivity contribution in [3.8, 4) is 0 Å². The molecule has 0 spiro atoms. The summed E-state index contributed by atoms with van der Waals surface area (Å²) in [6.07, 6.45) is 1.33. The van der Waals surface area contributed by atoms with Crippen molar-refractivity contribution in [3.63, 3.8) is 0 Å². The number of carbonyl (C=O) groups is 1. The summed E-state index contributed by atoms with van der Waals surface area (Å²) in [5.41, 5.74) is 3.50. The first kappa shape index (κ1) is 16.2. The average Bonchev–Trinajstić information content (AvgIpc) is 3.01. The molecule has 0 bridgehead atoms. The van der Waals surface area contributed by atoms with Gasteiger partial charge in [0.1, 0.15) is 5.52 Å². The number of fused-ring (bicyclic) bond motifs is 1. The van der Waals surface area contributed by atoms with Crippen LogP contribution in [0.15, 0.2) is 30.6 Å². The lowest BCUT2D eigenvalue weighted by atomic mass is 10.1. The minimum atomic E-state index is -0.845. The minimum Gasteiger partial charge on any atom is -0.352 e. The Bertz CT molecular complexity index is 928. The van der Waals surface area contributed by atoms with Gasteiger partial charge in [0.05, 0.1) is 23.1 Å². The van der Waals surface area contributed by atoms with Crippen molar-refractivity contribution in [2.45, 2.75) is 6.92 Å². The molecule has 2 aromatic carbocycles. The second kappa shape index (κ2) is 6.44. The van der Waals surface area contributed by atoms with Crippen molar-refractivity contribution < 1.29 is 14.0 Å². The Morgan fingerprint density at radius 1 is 1.42 bits per heavy atom. The van der Waals surface area contributed by atoms with Gasteiger partial charge in [0.15, 0.2) is 5.82 Å². The van der Waals surface area contributed by atoms with Crippen molar-refractivity contribution in [1.29, 1.82) is 0 Å². The number of carbonyl (C=O) groups excluding carboxylic acids is 1. The number of hydrogen-bond donors (Lipinski definition) is 4. The monoisotopic (exact) mass is 349 g/mol. The molecular weight excluding hydrogens is 337 g/mol. The molecule has 0 saturated heterocycles. The standard InChI is InChI=1S/C15H13ClFN5O2/c1-7-4-8(16)2-3-10(7)21-13-9(15(23)24-22-18)5-11-14(12(13)17)20-6-19-11/h2-6,21-22H,18H2,1H3,(H,19,20). The maximum absolute atomic E-state index is 14.8. The van der Waals surface area contributed by atoms with E-state index in [4.69, 9.17) is 17.4 Å². The number of nitrogens with one attached hydrogen (secondary N) is 3. The van der Waals surface area contributed by atoms with Crippen molar-refractivity contribution in [1.82, 2.24) is 15.6 Å². The second-order valence-electron chi connectivity index (χ2n) is 5.00. The third-order valence-corrected chi connectivity index (χ3v) is 3.71. The number of H-pyrrole nitrogens is 1. The number of aromatic amines is 1. The highest BCUT2D eigenvalue weighted by atomic mass is 35.5. The molecule has 3 rings (SSSR count). The fraction of sp³-hybridized carbons (Fsp3) is 0.0667. The number of benzene rings is 2. The van der Waals surface area contributed by atoms with Gasteiger partial charge in [0.25, 0.3) is 0 Å². The van der Waals surface area contributed by atoms with Crippen LogP contribution >= 0.6 is 11.6 Å². The molecule has 3 aromatic rings. The van der Waals surface area contributed by atoms with Gasteiger partial charge in [-0.25, -0.2) is 20.0 Å². The van der Waals surface area contributed by atoms with Crippen LogP contribution in [0.25, 0.3) is 11.0 Å². The number of hydrazine groups is 1. The lowest BCUT2D eigenvalue weighted by Gasteiger charge is -2.14. The first-order chi connectivity index (χ1) is 11.5. The van der Waals surface area contributed by atoms with Crippen LogP contribution in [0.4, 0.5) is 15.8 Å². The van der Waals surface area contributed by atoms with Crippen LogP contribution in [0.2, 0.25) is 5.02 Å². The molecule has 5 N–H and O–H groups in total. The predicted octanol–water partition coefficient (Wildman–Crippen LogP) is 2.94. The molecule has 1 heterocycles. The van der Waals surface area contributed by atoms with Crippen LogP contribution in [0, 0.1) is 12.7 Å². The van der Waals surface area contributed by atoms with E-state index in [-0.39, 0.29) is 16.8 Å². The minimum absolute atomic E-state index is 0.0449. The molecule has 0 amide bonds. The van der Waals surface area contributed by atoms with Gasteiger partial charge >= 0.3 is 5.97 Å². The Labute approximate surface area is 140 Å². The summed E-state index contributed by atoms with van der Waals surface area (Å²) in [6, 6.07) is 6.48. The number of aromatic nitrogens is 2. The molecule has 9 heteroatoms. The Morgan fingerprint density at radius 2 is 2.21 bits per heavy atom. The quantitative estimate of drug-likeness (QED) is 0.426. The molecule has 24 heavy (non-hydrogen) atoms. The van der Waals surface area contributed by atoms with Gasteiger partial charge in [-0.2, -0.15) is 0 Å². The smallest absolute Gasteiger partial charge is 0.352 e. The van der Waals surface area contributed by atoms with Crippen LogP contribution in [0.3, 0.4) is 0 Å². The van der Waals surface area contributed by atoms with Gasteiger partial charge in [0.2, 0.25) is 0 Å². The van der Waals surface area contributed by atoms with Crippen molar-refractivity contribution >= 4 is 40.0 Å². The number of rotatable bonds is 4. The molecule has 0 saturated carbocycles. The molecule has 0 aliphatic rings. The van der Waals surface area contributed by atoms with E-state index < -0.39 is 11.8 Å². The topological polar surface area (TPSA) is 105 Å². The number of hydrogen-bond acceptors (Lipinski definition) is 6.